The van der Waals surface area contributed by atoms with Crippen molar-refractivity contribution in [3.63, 3.8) is 0 Å². The van der Waals surface area contributed by atoms with Crippen LogP contribution in [0.1, 0.15) is 27.0 Å². The molecule has 35 heavy (non-hydrogen) atoms. The third-order valence-electron chi connectivity index (χ3n) is 5.01. The summed E-state index contributed by atoms with van der Waals surface area (Å²) in [5.41, 5.74) is 6.07. The highest BCUT2D eigenvalue weighted by Crippen LogP contribution is 2.28. The first-order chi connectivity index (χ1) is 16.8. The number of esters is 1. The lowest BCUT2D eigenvalue weighted by Gasteiger charge is -2.11. The molecule has 0 unspecified atom stereocenters. The number of aryl methyl sites for hydroxylation is 2. The summed E-state index contributed by atoms with van der Waals surface area (Å²) in [7, 11) is 1.42. The van der Waals surface area contributed by atoms with Crippen LogP contribution >= 0.6 is 0 Å². The summed E-state index contributed by atoms with van der Waals surface area (Å²) in [6.07, 6.45) is 1.43. The number of amides is 1. The number of hydrogen-bond acceptors (Lipinski definition) is 8. The fraction of sp³-hybridized carbons (Fsp3) is 0.160. The Morgan fingerprint density at radius 1 is 1.03 bits per heavy atom. The van der Waals surface area contributed by atoms with Crippen molar-refractivity contribution >= 4 is 29.5 Å². The summed E-state index contributed by atoms with van der Waals surface area (Å²) in [5.74, 6) is -0.574. The number of nitro benzene ring substituents is 1. The molecule has 0 heterocycles. The Balaban J connectivity index is 1.58. The molecule has 0 saturated heterocycles. The van der Waals surface area contributed by atoms with Crippen molar-refractivity contribution in [2.75, 3.05) is 19.0 Å². The van der Waals surface area contributed by atoms with Crippen LogP contribution in [0.2, 0.25) is 0 Å². The van der Waals surface area contributed by atoms with Crippen molar-refractivity contribution in [3.05, 3.63) is 93.0 Å². The van der Waals surface area contributed by atoms with Gasteiger partial charge in [0.25, 0.3) is 11.6 Å². The van der Waals surface area contributed by atoms with Gasteiger partial charge in [0, 0.05) is 17.8 Å². The molecule has 0 fully saturated rings. The number of benzene rings is 3. The van der Waals surface area contributed by atoms with E-state index in [2.05, 4.69) is 15.8 Å². The van der Waals surface area contributed by atoms with E-state index in [1.54, 1.807) is 12.1 Å². The van der Waals surface area contributed by atoms with Crippen molar-refractivity contribution in [2.24, 2.45) is 5.10 Å². The lowest BCUT2D eigenvalue weighted by Crippen LogP contribution is -2.26. The number of carbonyl (C=O) groups is 2. The zero-order chi connectivity index (χ0) is 25.4. The molecule has 3 aromatic rings. The second-order valence-electron chi connectivity index (χ2n) is 7.52. The van der Waals surface area contributed by atoms with Crippen LogP contribution in [-0.4, -0.2) is 36.7 Å². The number of rotatable bonds is 9. The number of hydrazone groups is 1. The molecule has 10 nitrogen and oxygen atoms in total. The van der Waals surface area contributed by atoms with Gasteiger partial charge < -0.3 is 14.8 Å². The smallest absolute Gasteiger partial charge is 0.343 e. The quantitative estimate of drug-likeness (QED) is 0.157. The van der Waals surface area contributed by atoms with Gasteiger partial charge in [-0.05, 0) is 60.9 Å². The number of methoxy groups -OCH3 is 1. The monoisotopic (exact) mass is 476 g/mol. The van der Waals surface area contributed by atoms with Crippen LogP contribution in [0.15, 0.2) is 65.8 Å². The fourth-order valence-electron chi connectivity index (χ4n) is 3.21. The second-order valence-corrected chi connectivity index (χ2v) is 7.52. The molecule has 0 aliphatic rings. The highest BCUT2D eigenvalue weighted by Gasteiger charge is 2.14. The van der Waals surface area contributed by atoms with Gasteiger partial charge in [0.2, 0.25) is 0 Å². The lowest BCUT2D eigenvalue weighted by atomic mass is 10.1. The summed E-state index contributed by atoms with van der Waals surface area (Å²) in [4.78, 5) is 34.7. The zero-order valence-electron chi connectivity index (χ0n) is 19.4. The van der Waals surface area contributed by atoms with Crippen LogP contribution in [0, 0.1) is 24.0 Å². The number of anilines is 1. The predicted octanol–water partition coefficient (Wildman–Crippen LogP) is 4.00. The third kappa shape index (κ3) is 6.64. The molecule has 0 radical (unpaired) electrons. The Bertz CT molecular complexity index is 1250. The van der Waals surface area contributed by atoms with E-state index in [1.165, 1.54) is 43.7 Å². The van der Waals surface area contributed by atoms with Gasteiger partial charge in [-0.25, -0.2) is 10.2 Å². The number of ether oxygens (including phenoxy) is 2. The minimum Gasteiger partial charge on any atom is -0.493 e. The highest BCUT2D eigenvalue weighted by atomic mass is 16.6. The molecule has 3 rings (SSSR count). The van der Waals surface area contributed by atoms with Crippen molar-refractivity contribution in [3.8, 4) is 11.5 Å². The SMILES string of the molecule is COc1cc(/C=N\NC(=O)CNc2c(C)cccc2C)ccc1OC(=O)c1ccc([N+](=O)[O-])cc1. The number of non-ortho nitro benzene ring substituents is 1. The molecule has 0 aliphatic carbocycles. The normalized spacial score (nSPS) is 10.6. The van der Waals surface area contributed by atoms with Gasteiger partial charge >= 0.3 is 5.97 Å². The van der Waals surface area contributed by atoms with Crippen molar-refractivity contribution in [2.45, 2.75) is 13.8 Å². The second kappa shape index (κ2) is 11.4. The number of nitrogens with zero attached hydrogens (tertiary/aromatic N) is 2. The maximum atomic E-state index is 12.4. The van der Waals surface area contributed by atoms with Gasteiger partial charge in [0.15, 0.2) is 11.5 Å². The maximum Gasteiger partial charge on any atom is 0.343 e. The standard InChI is InChI=1S/C25H24N4O6/c1-16-5-4-6-17(2)24(16)26-15-23(30)28-27-14-18-7-12-21(22(13-18)34-3)35-25(31)19-8-10-20(11-9-19)29(32)33/h4-14,26H,15H2,1-3H3,(H,28,30)/b27-14-. The van der Waals surface area contributed by atoms with Crippen molar-refractivity contribution in [1.82, 2.24) is 5.43 Å². The molecule has 0 bridgehead atoms. The van der Waals surface area contributed by atoms with Gasteiger partial charge in [-0.2, -0.15) is 5.10 Å². The van der Waals surface area contributed by atoms with E-state index in [-0.39, 0.29) is 35.2 Å². The van der Waals surface area contributed by atoms with E-state index in [9.17, 15) is 19.7 Å². The topological polar surface area (TPSA) is 132 Å². The number of carbonyl (C=O) groups excluding carboxylic acids is 2. The van der Waals surface area contributed by atoms with E-state index < -0.39 is 10.9 Å². The first-order valence-electron chi connectivity index (χ1n) is 10.5. The number of nitrogens with one attached hydrogen (secondary N) is 2. The third-order valence-corrected chi connectivity index (χ3v) is 5.01. The average Bonchev–Trinajstić information content (AvgIpc) is 2.84. The Hall–Kier alpha value is -4.73. The predicted molar refractivity (Wildman–Crippen MR) is 131 cm³/mol. The molecule has 1 amide bonds. The van der Waals surface area contributed by atoms with Crippen LogP contribution in [-0.2, 0) is 4.79 Å². The highest BCUT2D eigenvalue weighted by molar-refractivity contribution is 5.92. The summed E-state index contributed by atoms with van der Waals surface area (Å²) in [6.45, 7) is 3.99. The van der Waals surface area contributed by atoms with E-state index in [1.807, 2.05) is 32.0 Å². The van der Waals surface area contributed by atoms with E-state index in [0.29, 0.717) is 5.56 Å². The molecule has 0 saturated carbocycles. The molecular formula is C25H24N4O6. The molecule has 180 valence electrons. The number of para-hydroxylation sites is 1. The van der Waals surface area contributed by atoms with Gasteiger partial charge in [0.1, 0.15) is 0 Å². The Labute approximate surface area is 201 Å². The molecule has 10 heteroatoms. The lowest BCUT2D eigenvalue weighted by molar-refractivity contribution is -0.384. The summed E-state index contributed by atoms with van der Waals surface area (Å²) < 4.78 is 10.6. The summed E-state index contributed by atoms with van der Waals surface area (Å²) >= 11 is 0. The van der Waals surface area contributed by atoms with Crippen molar-refractivity contribution in [1.29, 1.82) is 0 Å². The Morgan fingerprint density at radius 3 is 2.34 bits per heavy atom. The molecule has 0 spiro atoms. The summed E-state index contributed by atoms with van der Waals surface area (Å²) in [5, 5.41) is 17.8. The van der Waals surface area contributed by atoms with Crippen molar-refractivity contribution < 1.29 is 24.0 Å². The minimum atomic E-state index is -0.691. The fourth-order valence-corrected chi connectivity index (χ4v) is 3.21. The van der Waals surface area contributed by atoms with Gasteiger partial charge in [-0.1, -0.05) is 18.2 Å². The number of hydrogen-bond donors (Lipinski definition) is 2. The summed E-state index contributed by atoms with van der Waals surface area (Å²) in [6, 6.07) is 15.7. The van der Waals surface area contributed by atoms with E-state index in [4.69, 9.17) is 9.47 Å². The molecule has 2 N–H and O–H groups in total. The first-order valence-corrected chi connectivity index (χ1v) is 10.5. The Morgan fingerprint density at radius 2 is 1.71 bits per heavy atom. The molecule has 0 aliphatic heterocycles. The average molecular weight is 476 g/mol. The zero-order valence-corrected chi connectivity index (χ0v) is 19.4. The van der Waals surface area contributed by atoms with Crippen LogP contribution in [0.3, 0.4) is 0 Å². The van der Waals surface area contributed by atoms with E-state index in [0.717, 1.165) is 16.8 Å². The molecule has 3 aromatic carbocycles. The number of nitro groups is 1. The van der Waals surface area contributed by atoms with Crippen LogP contribution < -0.4 is 20.2 Å². The van der Waals surface area contributed by atoms with Crippen LogP contribution in [0.4, 0.5) is 11.4 Å². The van der Waals surface area contributed by atoms with Crippen LogP contribution in [0.5, 0.6) is 11.5 Å². The van der Waals surface area contributed by atoms with Gasteiger partial charge in [0.05, 0.1) is 30.4 Å². The van der Waals surface area contributed by atoms with E-state index >= 15 is 0 Å². The maximum absolute atomic E-state index is 12.4. The largest absolute Gasteiger partial charge is 0.493 e. The Kier molecular flexibility index (Phi) is 8.12. The van der Waals surface area contributed by atoms with Gasteiger partial charge in [-0.15, -0.1) is 0 Å². The molecule has 0 atom stereocenters. The molecule has 0 aromatic heterocycles. The minimum absolute atomic E-state index is 0.0594. The van der Waals surface area contributed by atoms with Crippen LogP contribution in [0.25, 0.3) is 0 Å². The van der Waals surface area contributed by atoms with Gasteiger partial charge in [-0.3, -0.25) is 14.9 Å². The molecular weight excluding hydrogens is 452 g/mol. The first kappa shape index (κ1) is 24.9.